The number of amides is 2. The number of rotatable bonds is 6. The van der Waals surface area contributed by atoms with Crippen LogP contribution in [0.5, 0.6) is 11.5 Å². The van der Waals surface area contributed by atoms with Crippen LogP contribution in [0.25, 0.3) is 11.8 Å². The predicted octanol–water partition coefficient (Wildman–Crippen LogP) is 5.74. The van der Waals surface area contributed by atoms with Crippen LogP contribution in [0.2, 0.25) is 0 Å². The molecule has 0 radical (unpaired) electrons. The molecule has 0 unspecified atom stereocenters. The molecule has 1 fully saturated rings. The highest BCUT2D eigenvalue weighted by atomic mass is 32.1. The van der Waals surface area contributed by atoms with E-state index in [2.05, 4.69) is 5.32 Å². The highest BCUT2D eigenvalue weighted by molar-refractivity contribution is 7.80. The summed E-state index contributed by atoms with van der Waals surface area (Å²) in [6.45, 7) is 0. The first-order valence-corrected chi connectivity index (χ1v) is 12.3. The lowest BCUT2D eigenvalue weighted by molar-refractivity contribution is -0.384. The topological polar surface area (TPSA) is 107 Å². The Kier molecular flexibility index (Phi) is 7.08. The van der Waals surface area contributed by atoms with Crippen LogP contribution in [0, 0.1) is 14.8 Å². The van der Waals surface area contributed by atoms with Gasteiger partial charge in [0, 0.05) is 29.6 Å². The number of carbonyl (C=O) groups is 2. The first kappa shape index (κ1) is 25.6. The zero-order chi connectivity index (χ0) is 27.5. The van der Waals surface area contributed by atoms with Crippen molar-refractivity contribution in [2.24, 2.45) is 0 Å². The summed E-state index contributed by atoms with van der Waals surface area (Å²) >= 11 is 10.9. The second-order valence-corrected chi connectivity index (χ2v) is 9.05. The molecule has 0 bridgehead atoms. The van der Waals surface area contributed by atoms with Crippen molar-refractivity contribution in [2.45, 2.75) is 0 Å². The number of nitrogens with zero attached hydrogens (tertiary/aromatic N) is 3. The fraction of sp³-hybridized carbons (Fsp3) is 0. The molecule has 11 heteroatoms. The Morgan fingerprint density at radius 3 is 2.13 bits per heavy atom. The number of nitro benzene ring substituents is 1. The van der Waals surface area contributed by atoms with E-state index in [4.69, 9.17) is 29.2 Å². The van der Waals surface area contributed by atoms with E-state index >= 15 is 0 Å². The summed E-state index contributed by atoms with van der Waals surface area (Å²) in [4.78, 5) is 38.0. The molecule has 1 aromatic heterocycles. The molecule has 9 nitrogen and oxygen atoms in total. The number of hydrogen-bond acceptors (Lipinski definition) is 7. The van der Waals surface area contributed by atoms with Crippen LogP contribution in [0.3, 0.4) is 0 Å². The molecular formula is C28H18N4O5S2. The van der Waals surface area contributed by atoms with Crippen LogP contribution in [0.4, 0.5) is 11.4 Å². The lowest BCUT2D eigenvalue weighted by Gasteiger charge is -2.29. The molecule has 1 N–H and O–H groups in total. The van der Waals surface area contributed by atoms with E-state index in [0.29, 0.717) is 33.1 Å². The molecule has 2 heterocycles. The van der Waals surface area contributed by atoms with E-state index in [1.807, 2.05) is 30.3 Å². The van der Waals surface area contributed by atoms with E-state index in [1.165, 1.54) is 23.1 Å². The third-order valence-electron chi connectivity index (χ3n) is 5.79. The highest BCUT2D eigenvalue weighted by Gasteiger charge is 2.34. The number of thiocarbonyl (C=S) groups is 1. The molecule has 1 aliphatic heterocycles. The van der Waals surface area contributed by atoms with E-state index in [0.717, 1.165) is 0 Å². The van der Waals surface area contributed by atoms with Gasteiger partial charge in [-0.15, -0.1) is 0 Å². The number of nitrogens with one attached hydrogen (secondary N) is 1. The first-order valence-electron chi connectivity index (χ1n) is 11.5. The Morgan fingerprint density at radius 1 is 0.821 bits per heavy atom. The van der Waals surface area contributed by atoms with Gasteiger partial charge < -0.3 is 9.30 Å². The molecule has 39 heavy (non-hydrogen) atoms. The van der Waals surface area contributed by atoms with Crippen molar-refractivity contribution in [3.05, 3.63) is 123 Å². The largest absolute Gasteiger partial charge is 0.457 e. The van der Waals surface area contributed by atoms with Crippen molar-refractivity contribution < 1.29 is 19.2 Å². The number of pyridine rings is 1. The summed E-state index contributed by atoms with van der Waals surface area (Å²) in [5.74, 6) is -0.0251. The SMILES string of the molecule is O=C1NC(=S)N(c2ccc(Oc3ccccc3)cc2)C(=O)C1=Cc1cccn(-c2ccc([N+](=O)[O-])cc2)c1=S. The van der Waals surface area contributed by atoms with Crippen LogP contribution >= 0.6 is 24.4 Å². The van der Waals surface area contributed by atoms with Crippen LogP contribution in [-0.4, -0.2) is 26.4 Å². The molecule has 5 rings (SSSR count). The van der Waals surface area contributed by atoms with Gasteiger partial charge in [-0.2, -0.15) is 0 Å². The number of hydrogen-bond donors (Lipinski definition) is 1. The van der Waals surface area contributed by atoms with Crippen molar-refractivity contribution in [1.29, 1.82) is 0 Å². The van der Waals surface area contributed by atoms with E-state index in [1.54, 1.807) is 59.3 Å². The Balaban J connectivity index is 1.44. The van der Waals surface area contributed by atoms with Crippen LogP contribution in [-0.2, 0) is 9.59 Å². The van der Waals surface area contributed by atoms with Crippen molar-refractivity contribution in [3.8, 4) is 17.2 Å². The maximum Gasteiger partial charge on any atom is 0.270 e. The number of nitro groups is 1. The molecule has 0 aliphatic carbocycles. The fourth-order valence-electron chi connectivity index (χ4n) is 3.89. The minimum atomic E-state index is -0.648. The van der Waals surface area contributed by atoms with E-state index in [9.17, 15) is 19.7 Å². The summed E-state index contributed by atoms with van der Waals surface area (Å²) < 4.78 is 7.74. The molecule has 3 aromatic carbocycles. The second kappa shape index (κ2) is 10.8. The second-order valence-electron chi connectivity index (χ2n) is 8.28. The molecule has 1 saturated heterocycles. The number of aromatic nitrogens is 1. The lowest BCUT2D eigenvalue weighted by Crippen LogP contribution is -2.54. The molecule has 4 aromatic rings. The molecule has 0 saturated carbocycles. The third kappa shape index (κ3) is 5.35. The molecular weight excluding hydrogens is 536 g/mol. The van der Waals surface area contributed by atoms with Crippen LogP contribution < -0.4 is 15.0 Å². The predicted molar refractivity (Wildman–Crippen MR) is 152 cm³/mol. The maximum atomic E-state index is 13.5. The molecule has 2 amide bonds. The zero-order valence-corrected chi connectivity index (χ0v) is 21.6. The number of ether oxygens (including phenoxy) is 1. The third-order valence-corrected chi connectivity index (χ3v) is 6.51. The average molecular weight is 555 g/mol. The van der Waals surface area contributed by atoms with Gasteiger partial charge in [0.1, 0.15) is 21.7 Å². The van der Waals surface area contributed by atoms with Gasteiger partial charge in [-0.1, -0.05) is 36.5 Å². The maximum absolute atomic E-state index is 13.5. The molecule has 0 atom stereocenters. The van der Waals surface area contributed by atoms with Gasteiger partial charge in [0.2, 0.25) is 0 Å². The monoisotopic (exact) mass is 554 g/mol. The van der Waals surface area contributed by atoms with Crippen molar-refractivity contribution in [3.63, 3.8) is 0 Å². The van der Waals surface area contributed by atoms with Crippen molar-refractivity contribution in [1.82, 2.24) is 9.88 Å². The normalized spacial score (nSPS) is 14.3. The Hall–Kier alpha value is -5.00. The fourth-order valence-corrected chi connectivity index (χ4v) is 4.47. The summed E-state index contributed by atoms with van der Waals surface area (Å²) in [6.07, 6.45) is 3.10. The Bertz CT molecular complexity index is 1700. The zero-order valence-electron chi connectivity index (χ0n) is 20.0. The van der Waals surface area contributed by atoms with Gasteiger partial charge in [-0.3, -0.25) is 29.9 Å². The van der Waals surface area contributed by atoms with Crippen molar-refractivity contribution in [2.75, 3.05) is 4.90 Å². The minimum absolute atomic E-state index is 0.0496. The molecule has 1 aliphatic rings. The Morgan fingerprint density at radius 2 is 1.46 bits per heavy atom. The van der Waals surface area contributed by atoms with Gasteiger partial charge >= 0.3 is 0 Å². The number of benzene rings is 3. The molecule has 0 spiro atoms. The summed E-state index contributed by atoms with van der Waals surface area (Å²) in [5.41, 5.74) is 1.27. The Labute approximate surface area is 232 Å². The summed E-state index contributed by atoms with van der Waals surface area (Å²) in [7, 11) is 0. The minimum Gasteiger partial charge on any atom is -0.457 e. The van der Waals surface area contributed by atoms with Gasteiger partial charge in [0.05, 0.1) is 10.6 Å². The smallest absolute Gasteiger partial charge is 0.270 e. The number of para-hydroxylation sites is 1. The summed E-state index contributed by atoms with van der Waals surface area (Å²) in [5, 5.41) is 13.5. The molecule has 192 valence electrons. The van der Waals surface area contributed by atoms with E-state index in [-0.39, 0.29) is 16.4 Å². The van der Waals surface area contributed by atoms with Gasteiger partial charge in [0.25, 0.3) is 17.5 Å². The van der Waals surface area contributed by atoms with Crippen LogP contribution in [0.15, 0.2) is 103 Å². The summed E-state index contributed by atoms with van der Waals surface area (Å²) in [6, 6.07) is 25.2. The quantitative estimate of drug-likeness (QED) is 0.107. The number of anilines is 1. The average Bonchev–Trinajstić information content (AvgIpc) is 2.93. The van der Waals surface area contributed by atoms with Gasteiger partial charge in [0.15, 0.2) is 5.11 Å². The standard InChI is InChI=1S/C28H18N4O5S2/c33-25-24(17-18-5-4-16-30(27(18)38)19-8-10-21(11-9-19)32(35)36)26(34)31(28(39)29-25)20-12-14-23(15-13-20)37-22-6-2-1-3-7-22/h1-17H,(H,29,33,39). The number of non-ortho nitro benzene ring substituents is 1. The highest BCUT2D eigenvalue weighted by Crippen LogP contribution is 2.27. The van der Waals surface area contributed by atoms with Crippen molar-refractivity contribution >= 4 is 58.8 Å². The van der Waals surface area contributed by atoms with Gasteiger partial charge in [-0.25, -0.2) is 0 Å². The van der Waals surface area contributed by atoms with E-state index < -0.39 is 16.7 Å². The first-order chi connectivity index (χ1) is 18.8. The van der Waals surface area contributed by atoms with Gasteiger partial charge in [-0.05, 0) is 72.9 Å². The lowest BCUT2D eigenvalue weighted by atomic mass is 10.1. The van der Waals surface area contributed by atoms with Crippen LogP contribution in [0.1, 0.15) is 5.56 Å². The number of carbonyl (C=O) groups excluding carboxylic acids is 2.